The highest BCUT2D eigenvalue weighted by atomic mass is 16.5. The van der Waals surface area contributed by atoms with Crippen LogP contribution in [0.4, 0.5) is 0 Å². The van der Waals surface area contributed by atoms with Gasteiger partial charge in [-0.25, -0.2) is 4.68 Å². The second-order valence-corrected chi connectivity index (χ2v) is 5.11. The second-order valence-electron chi connectivity index (χ2n) is 5.11. The summed E-state index contributed by atoms with van der Waals surface area (Å²) >= 11 is 0. The van der Waals surface area contributed by atoms with Crippen molar-refractivity contribution in [1.29, 1.82) is 0 Å². The molecule has 0 spiro atoms. The van der Waals surface area contributed by atoms with Crippen LogP contribution in [0.3, 0.4) is 0 Å². The predicted molar refractivity (Wildman–Crippen MR) is 89.6 cm³/mol. The maximum Gasteiger partial charge on any atom is 0.271 e. The van der Waals surface area contributed by atoms with E-state index in [9.17, 15) is 4.79 Å². The lowest BCUT2D eigenvalue weighted by Crippen LogP contribution is -2.25. The largest absolute Gasteiger partial charge is 0.493 e. The molecular formula is C17H23N3O4. The maximum atomic E-state index is 11.9. The lowest BCUT2D eigenvalue weighted by atomic mass is 10.3. The molecule has 1 aromatic heterocycles. The van der Waals surface area contributed by atoms with Gasteiger partial charge in [0, 0.05) is 12.7 Å². The molecule has 0 unspecified atom stereocenters. The van der Waals surface area contributed by atoms with E-state index in [1.54, 1.807) is 43.3 Å². The van der Waals surface area contributed by atoms with Crippen LogP contribution in [0, 0.1) is 0 Å². The lowest BCUT2D eigenvalue weighted by Gasteiger charge is -2.13. The van der Waals surface area contributed by atoms with Crippen molar-refractivity contribution < 1.29 is 19.0 Å². The Morgan fingerprint density at radius 2 is 1.92 bits per heavy atom. The Kier molecular flexibility index (Phi) is 6.48. The zero-order valence-electron chi connectivity index (χ0n) is 14.2. The highest BCUT2D eigenvalue weighted by molar-refractivity contribution is 5.92. The number of unbranched alkanes of at least 4 members (excludes halogenated alkanes) is 1. The molecule has 0 bridgehead atoms. The van der Waals surface area contributed by atoms with Gasteiger partial charge in [0.05, 0.1) is 14.2 Å². The SMILES string of the molecule is CCCCNC(=O)c1ccn(COc2c(OC)cccc2OC)n1. The van der Waals surface area contributed by atoms with E-state index < -0.39 is 0 Å². The molecule has 7 nitrogen and oxygen atoms in total. The summed E-state index contributed by atoms with van der Waals surface area (Å²) in [6.45, 7) is 2.86. The van der Waals surface area contributed by atoms with Gasteiger partial charge in [0.1, 0.15) is 5.69 Å². The summed E-state index contributed by atoms with van der Waals surface area (Å²) in [6.07, 6.45) is 3.67. The van der Waals surface area contributed by atoms with Crippen molar-refractivity contribution in [3.05, 3.63) is 36.2 Å². The molecule has 2 aromatic rings. The van der Waals surface area contributed by atoms with Crippen LogP contribution in [-0.4, -0.2) is 36.5 Å². The first kappa shape index (κ1) is 17.7. The zero-order valence-corrected chi connectivity index (χ0v) is 14.2. The van der Waals surface area contributed by atoms with Crippen molar-refractivity contribution >= 4 is 5.91 Å². The number of benzene rings is 1. The number of amides is 1. The Labute approximate surface area is 141 Å². The number of para-hydroxylation sites is 1. The fraction of sp³-hybridized carbons (Fsp3) is 0.412. The topological polar surface area (TPSA) is 74.6 Å². The Morgan fingerprint density at radius 1 is 1.21 bits per heavy atom. The molecule has 1 amide bonds. The highest BCUT2D eigenvalue weighted by Crippen LogP contribution is 2.36. The first-order valence-corrected chi connectivity index (χ1v) is 7.85. The van der Waals surface area contributed by atoms with Crippen molar-refractivity contribution in [1.82, 2.24) is 15.1 Å². The standard InChI is InChI=1S/C17H23N3O4/c1-4-5-10-18-17(21)13-9-11-20(19-13)12-24-16-14(22-2)7-6-8-15(16)23-3/h6-9,11H,4-5,10,12H2,1-3H3,(H,18,21). The van der Waals surface area contributed by atoms with E-state index in [1.807, 2.05) is 6.07 Å². The lowest BCUT2D eigenvalue weighted by molar-refractivity contribution is 0.0946. The Balaban J connectivity index is 2.00. The molecule has 24 heavy (non-hydrogen) atoms. The van der Waals surface area contributed by atoms with Crippen LogP contribution < -0.4 is 19.5 Å². The summed E-state index contributed by atoms with van der Waals surface area (Å²) < 4.78 is 17.8. The first-order chi connectivity index (χ1) is 11.7. The average molecular weight is 333 g/mol. The van der Waals surface area contributed by atoms with E-state index in [-0.39, 0.29) is 12.6 Å². The zero-order chi connectivity index (χ0) is 17.4. The number of carbonyl (C=O) groups is 1. The van der Waals surface area contributed by atoms with Crippen LogP contribution in [-0.2, 0) is 6.73 Å². The molecule has 0 radical (unpaired) electrons. The van der Waals surface area contributed by atoms with Gasteiger partial charge >= 0.3 is 0 Å². The number of ether oxygens (including phenoxy) is 3. The number of nitrogens with one attached hydrogen (secondary N) is 1. The van der Waals surface area contributed by atoms with Crippen molar-refractivity contribution in [2.24, 2.45) is 0 Å². The summed E-state index contributed by atoms with van der Waals surface area (Å²) in [5.41, 5.74) is 0.363. The molecule has 0 atom stereocenters. The minimum absolute atomic E-state index is 0.138. The van der Waals surface area contributed by atoms with Gasteiger partial charge in [-0.3, -0.25) is 4.79 Å². The number of rotatable bonds is 9. The average Bonchev–Trinajstić information content (AvgIpc) is 3.08. The van der Waals surface area contributed by atoms with Gasteiger partial charge in [-0.2, -0.15) is 5.10 Å². The van der Waals surface area contributed by atoms with Gasteiger partial charge in [-0.05, 0) is 24.6 Å². The van der Waals surface area contributed by atoms with Crippen molar-refractivity contribution in [2.75, 3.05) is 20.8 Å². The number of aromatic nitrogens is 2. The fourth-order valence-electron chi connectivity index (χ4n) is 2.11. The van der Waals surface area contributed by atoms with Crippen LogP contribution in [0.25, 0.3) is 0 Å². The molecule has 1 aromatic carbocycles. The van der Waals surface area contributed by atoms with Crippen molar-refractivity contribution in [3.8, 4) is 17.2 Å². The summed E-state index contributed by atoms with van der Waals surface area (Å²) in [4.78, 5) is 11.9. The van der Waals surface area contributed by atoms with E-state index in [2.05, 4.69) is 17.3 Å². The molecule has 0 fully saturated rings. The summed E-state index contributed by atoms with van der Waals surface area (Å²) in [5.74, 6) is 1.45. The molecule has 1 heterocycles. The summed E-state index contributed by atoms with van der Waals surface area (Å²) in [6, 6.07) is 7.04. The van der Waals surface area contributed by atoms with Gasteiger partial charge in [0.2, 0.25) is 5.75 Å². The maximum absolute atomic E-state index is 11.9. The van der Waals surface area contributed by atoms with E-state index in [0.717, 1.165) is 12.8 Å². The Bertz CT molecular complexity index is 647. The first-order valence-electron chi connectivity index (χ1n) is 7.85. The molecule has 130 valence electrons. The minimum Gasteiger partial charge on any atom is -0.493 e. The molecule has 7 heteroatoms. The van der Waals surface area contributed by atoms with E-state index in [0.29, 0.717) is 29.5 Å². The van der Waals surface area contributed by atoms with Gasteiger partial charge in [-0.1, -0.05) is 19.4 Å². The van der Waals surface area contributed by atoms with E-state index >= 15 is 0 Å². The molecular weight excluding hydrogens is 310 g/mol. The van der Waals surface area contributed by atoms with Crippen molar-refractivity contribution in [3.63, 3.8) is 0 Å². The summed E-state index contributed by atoms with van der Waals surface area (Å²) in [5, 5.41) is 7.04. The van der Waals surface area contributed by atoms with Crippen molar-refractivity contribution in [2.45, 2.75) is 26.5 Å². The van der Waals surface area contributed by atoms with Crippen LogP contribution >= 0.6 is 0 Å². The molecule has 1 N–H and O–H groups in total. The van der Waals surface area contributed by atoms with Gasteiger partial charge < -0.3 is 19.5 Å². The molecule has 0 aliphatic heterocycles. The molecule has 0 saturated carbocycles. The normalized spacial score (nSPS) is 10.3. The number of carbonyl (C=O) groups excluding carboxylic acids is 1. The second kappa shape index (κ2) is 8.81. The van der Waals surface area contributed by atoms with E-state index in [1.165, 1.54) is 0 Å². The van der Waals surface area contributed by atoms with E-state index in [4.69, 9.17) is 14.2 Å². The van der Waals surface area contributed by atoms with Gasteiger partial charge in [-0.15, -0.1) is 0 Å². The molecule has 0 saturated heterocycles. The monoisotopic (exact) mass is 333 g/mol. The summed E-state index contributed by atoms with van der Waals surface area (Å²) in [7, 11) is 3.13. The number of hydrogen-bond acceptors (Lipinski definition) is 5. The molecule has 2 rings (SSSR count). The third kappa shape index (κ3) is 4.41. The fourth-order valence-corrected chi connectivity index (χ4v) is 2.11. The Morgan fingerprint density at radius 3 is 2.54 bits per heavy atom. The number of methoxy groups -OCH3 is 2. The Hall–Kier alpha value is -2.70. The smallest absolute Gasteiger partial charge is 0.271 e. The molecule has 0 aliphatic carbocycles. The predicted octanol–water partition coefficient (Wildman–Crippen LogP) is 2.47. The van der Waals surface area contributed by atoms with Crippen LogP contribution in [0.15, 0.2) is 30.5 Å². The quantitative estimate of drug-likeness (QED) is 0.714. The highest BCUT2D eigenvalue weighted by Gasteiger charge is 2.13. The minimum atomic E-state index is -0.183. The van der Waals surface area contributed by atoms with Gasteiger partial charge in [0.15, 0.2) is 18.2 Å². The third-order valence-electron chi connectivity index (χ3n) is 3.41. The van der Waals surface area contributed by atoms with Crippen LogP contribution in [0.5, 0.6) is 17.2 Å². The number of nitrogens with zero attached hydrogens (tertiary/aromatic N) is 2. The number of hydrogen-bond donors (Lipinski definition) is 1. The van der Waals surface area contributed by atoms with Crippen LogP contribution in [0.2, 0.25) is 0 Å². The van der Waals surface area contributed by atoms with Gasteiger partial charge in [0.25, 0.3) is 5.91 Å². The van der Waals surface area contributed by atoms with Crippen LogP contribution in [0.1, 0.15) is 30.3 Å². The molecule has 0 aliphatic rings. The third-order valence-corrected chi connectivity index (χ3v) is 3.41.